The summed E-state index contributed by atoms with van der Waals surface area (Å²) in [6.45, 7) is -6.57. The molecule has 0 radical (unpaired) electrons. The van der Waals surface area contributed by atoms with Crippen LogP contribution in [0.5, 0.6) is 11.5 Å². The number of rotatable bonds is 7. The van der Waals surface area contributed by atoms with Gasteiger partial charge >= 0.3 is 19.4 Å². The Labute approximate surface area is 154 Å². The summed E-state index contributed by atoms with van der Waals surface area (Å²) in [5.74, 6) is -2.12. The summed E-state index contributed by atoms with van der Waals surface area (Å²) in [6, 6.07) is 6.62. The standard InChI is InChI=1S/C18H11F7O3/c19-16(20)27-12-5-6-13(15(9-12)28-17(21)22)14(26)7-4-10-2-1-3-11(8-10)18(23,24)25/h1-9,16-17H/b7-4+. The van der Waals surface area contributed by atoms with Gasteiger partial charge in [-0.05, 0) is 35.9 Å². The predicted molar refractivity (Wildman–Crippen MR) is 84.5 cm³/mol. The van der Waals surface area contributed by atoms with E-state index in [2.05, 4.69) is 9.47 Å². The van der Waals surface area contributed by atoms with Crippen LogP contribution in [0.25, 0.3) is 6.08 Å². The lowest BCUT2D eigenvalue weighted by molar-refractivity contribution is -0.137. The first-order valence-corrected chi connectivity index (χ1v) is 7.49. The fraction of sp³-hybridized carbons (Fsp3) is 0.167. The molecule has 0 saturated heterocycles. The molecule has 2 rings (SSSR count). The Hall–Kier alpha value is -3.04. The van der Waals surface area contributed by atoms with Crippen LogP contribution in [0.15, 0.2) is 48.5 Å². The van der Waals surface area contributed by atoms with Gasteiger partial charge in [0.15, 0.2) is 5.78 Å². The van der Waals surface area contributed by atoms with E-state index in [4.69, 9.17) is 0 Å². The van der Waals surface area contributed by atoms with Crippen LogP contribution < -0.4 is 9.47 Å². The van der Waals surface area contributed by atoms with Gasteiger partial charge < -0.3 is 9.47 Å². The second-order valence-corrected chi connectivity index (χ2v) is 5.24. The van der Waals surface area contributed by atoms with Crippen LogP contribution in [0.4, 0.5) is 30.7 Å². The number of hydrogen-bond donors (Lipinski definition) is 0. The van der Waals surface area contributed by atoms with Crippen molar-refractivity contribution in [1.29, 1.82) is 0 Å². The highest BCUT2D eigenvalue weighted by molar-refractivity contribution is 6.08. The van der Waals surface area contributed by atoms with Gasteiger partial charge in [-0.2, -0.15) is 30.7 Å². The Morgan fingerprint density at radius 1 is 0.929 bits per heavy atom. The van der Waals surface area contributed by atoms with Crippen LogP contribution in [0, 0.1) is 0 Å². The molecular formula is C18H11F7O3. The third-order valence-electron chi connectivity index (χ3n) is 3.30. The van der Waals surface area contributed by atoms with Gasteiger partial charge in [-0.15, -0.1) is 0 Å². The Kier molecular flexibility index (Phi) is 6.66. The van der Waals surface area contributed by atoms with Crippen molar-refractivity contribution < 1.29 is 45.0 Å². The molecule has 150 valence electrons. The fourth-order valence-electron chi connectivity index (χ4n) is 2.16. The Morgan fingerprint density at radius 3 is 2.21 bits per heavy atom. The number of alkyl halides is 7. The zero-order chi connectivity index (χ0) is 20.9. The Bertz CT molecular complexity index is 860. The molecule has 0 N–H and O–H groups in total. The highest BCUT2D eigenvalue weighted by Crippen LogP contribution is 2.30. The summed E-state index contributed by atoms with van der Waals surface area (Å²) >= 11 is 0. The maximum atomic E-state index is 12.7. The van der Waals surface area contributed by atoms with Crippen LogP contribution in [-0.2, 0) is 6.18 Å². The smallest absolute Gasteiger partial charge is 0.416 e. The summed E-state index contributed by atoms with van der Waals surface area (Å²) < 4.78 is 95.8. The molecule has 2 aromatic carbocycles. The number of carbonyl (C=O) groups excluding carboxylic acids is 1. The maximum Gasteiger partial charge on any atom is 0.416 e. The molecule has 0 aliphatic heterocycles. The van der Waals surface area contributed by atoms with Crippen LogP contribution >= 0.6 is 0 Å². The molecule has 0 heterocycles. The SMILES string of the molecule is O=C(/C=C/c1cccc(C(F)(F)F)c1)c1ccc(OC(F)F)cc1OC(F)F. The molecular weight excluding hydrogens is 397 g/mol. The molecule has 0 fully saturated rings. The van der Waals surface area contributed by atoms with Crippen molar-refractivity contribution in [3.05, 3.63) is 65.2 Å². The van der Waals surface area contributed by atoms with Gasteiger partial charge in [-0.3, -0.25) is 4.79 Å². The van der Waals surface area contributed by atoms with Gasteiger partial charge in [-0.1, -0.05) is 18.2 Å². The van der Waals surface area contributed by atoms with E-state index in [9.17, 15) is 35.5 Å². The maximum absolute atomic E-state index is 12.7. The average molecular weight is 408 g/mol. The molecule has 0 saturated carbocycles. The number of halogens is 7. The quantitative estimate of drug-likeness (QED) is 0.330. The molecule has 0 atom stereocenters. The van der Waals surface area contributed by atoms with Gasteiger partial charge in [0.05, 0.1) is 11.1 Å². The van der Waals surface area contributed by atoms with Crippen LogP contribution in [-0.4, -0.2) is 19.0 Å². The summed E-state index contributed by atoms with van der Waals surface area (Å²) in [4.78, 5) is 12.2. The zero-order valence-corrected chi connectivity index (χ0v) is 13.7. The van der Waals surface area contributed by atoms with Crippen molar-refractivity contribution in [1.82, 2.24) is 0 Å². The van der Waals surface area contributed by atoms with Crippen molar-refractivity contribution >= 4 is 11.9 Å². The van der Waals surface area contributed by atoms with Gasteiger partial charge in [-0.25, -0.2) is 0 Å². The van der Waals surface area contributed by atoms with E-state index in [-0.39, 0.29) is 5.56 Å². The fourth-order valence-corrected chi connectivity index (χ4v) is 2.16. The third kappa shape index (κ3) is 6.00. The molecule has 0 amide bonds. The molecule has 0 aliphatic carbocycles. The minimum atomic E-state index is -4.58. The summed E-state index contributed by atoms with van der Waals surface area (Å²) in [7, 11) is 0. The second kappa shape index (κ2) is 8.77. The van der Waals surface area contributed by atoms with E-state index >= 15 is 0 Å². The largest absolute Gasteiger partial charge is 0.435 e. The number of ether oxygens (including phenoxy) is 2. The second-order valence-electron chi connectivity index (χ2n) is 5.24. The van der Waals surface area contributed by atoms with Crippen molar-refractivity contribution in [2.24, 2.45) is 0 Å². The number of hydrogen-bond acceptors (Lipinski definition) is 3. The average Bonchev–Trinajstić information content (AvgIpc) is 2.58. The van der Waals surface area contributed by atoms with Crippen molar-refractivity contribution in [3.8, 4) is 11.5 Å². The van der Waals surface area contributed by atoms with Crippen molar-refractivity contribution in [2.75, 3.05) is 0 Å². The van der Waals surface area contributed by atoms with Crippen molar-refractivity contribution in [3.63, 3.8) is 0 Å². The Balaban J connectivity index is 2.29. The van der Waals surface area contributed by atoms with E-state index < -0.39 is 47.8 Å². The molecule has 0 aromatic heterocycles. The van der Waals surface area contributed by atoms with Gasteiger partial charge in [0.1, 0.15) is 11.5 Å². The zero-order valence-electron chi connectivity index (χ0n) is 13.7. The topological polar surface area (TPSA) is 35.5 Å². The molecule has 0 aliphatic rings. The molecule has 0 spiro atoms. The predicted octanol–water partition coefficient (Wildman–Crippen LogP) is 5.80. The number of carbonyl (C=O) groups is 1. The highest BCUT2D eigenvalue weighted by Gasteiger charge is 2.30. The van der Waals surface area contributed by atoms with Gasteiger partial charge in [0.25, 0.3) is 0 Å². The van der Waals surface area contributed by atoms with Crippen LogP contribution in [0.2, 0.25) is 0 Å². The molecule has 2 aromatic rings. The van der Waals surface area contributed by atoms with E-state index in [1.165, 1.54) is 6.07 Å². The van der Waals surface area contributed by atoms with E-state index in [1.54, 1.807) is 0 Å². The number of benzene rings is 2. The molecule has 0 bridgehead atoms. The first-order chi connectivity index (χ1) is 13.1. The molecule has 28 heavy (non-hydrogen) atoms. The van der Waals surface area contributed by atoms with Gasteiger partial charge in [0, 0.05) is 6.07 Å². The highest BCUT2D eigenvalue weighted by atomic mass is 19.4. The van der Waals surface area contributed by atoms with Crippen molar-refractivity contribution in [2.45, 2.75) is 19.4 Å². The minimum absolute atomic E-state index is 0.0390. The summed E-state index contributed by atoms with van der Waals surface area (Å²) in [5, 5.41) is 0. The Morgan fingerprint density at radius 2 is 1.61 bits per heavy atom. The third-order valence-corrected chi connectivity index (χ3v) is 3.30. The van der Waals surface area contributed by atoms with E-state index in [0.29, 0.717) is 6.07 Å². The lowest BCUT2D eigenvalue weighted by atomic mass is 10.1. The monoisotopic (exact) mass is 408 g/mol. The summed E-state index contributed by atoms with van der Waals surface area (Å²) in [6.07, 6.45) is -2.68. The first-order valence-electron chi connectivity index (χ1n) is 7.49. The van der Waals surface area contributed by atoms with Crippen LogP contribution in [0.3, 0.4) is 0 Å². The molecule has 10 heteroatoms. The number of ketones is 1. The van der Waals surface area contributed by atoms with E-state index in [1.807, 2.05) is 0 Å². The van der Waals surface area contributed by atoms with Gasteiger partial charge in [0.2, 0.25) is 0 Å². The lowest BCUT2D eigenvalue weighted by Gasteiger charge is -2.11. The summed E-state index contributed by atoms with van der Waals surface area (Å²) in [5.41, 5.74) is -1.31. The lowest BCUT2D eigenvalue weighted by Crippen LogP contribution is -2.08. The molecule has 3 nitrogen and oxygen atoms in total. The minimum Gasteiger partial charge on any atom is -0.435 e. The van der Waals surface area contributed by atoms with E-state index in [0.717, 1.165) is 42.5 Å². The first kappa shape index (κ1) is 21.3. The normalized spacial score (nSPS) is 12.0. The molecule has 0 unspecified atom stereocenters. The van der Waals surface area contributed by atoms with Crippen LogP contribution in [0.1, 0.15) is 21.5 Å². The number of allylic oxidation sites excluding steroid dienone is 1.